The van der Waals surface area contributed by atoms with Crippen LogP contribution in [0.3, 0.4) is 0 Å². The van der Waals surface area contributed by atoms with Crippen LogP contribution in [0, 0.1) is 26.6 Å². The van der Waals surface area contributed by atoms with Crippen molar-refractivity contribution in [1.29, 1.82) is 0 Å². The molecule has 0 aliphatic rings. The normalized spacial score (nSPS) is 10.5. The zero-order chi connectivity index (χ0) is 14.2. The lowest BCUT2D eigenvalue weighted by atomic mass is 9.91. The molecule has 0 aliphatic carbocycles. The molecule has 0 saturated heterocycles. The van der Waals surface area contributed by atoms with Gasteiger partial charge in [-0.3, -0.25) is 0 Å². The van der Waals surface area contributed by atoms with Crippen LogP contribution in [-0.2, 0) is 0 Å². The summed E-state index contributed by atoms with van der Waals surface area (Å²) in [6.45, 7) is 5.86. The lowest BCUT2D eigenvalue weighted by Crippen LogP contribution is -2.02. The molecule has 0 spiro atoms. The van der Waals surface area contributed by atoms with E-state index in [4.69, 9.17) is 0 Å². The molecule has 19 heavy (non-hydrogen) atoms. The average molecular weight is 258 g/mol. The molecule has 0 aromatic heterocycles. The highest BCUT2D eigenvalue weighted by Gasteiger charge is 2.16. The highest BCUT2D eigenvalue weighted by Crippen LogP contribution is 2.31. The summed E-state index contributed by atoms with van der Waals surface area (Å²) in [7, 11) is 0. The van der Waals surface area contributed by atoms with Gasteiger partial charge in [-0.15, -0.1) is 0 Å². The summed E-state index contributed by atoms with van der Waals surface area (Å²) < 4.78 is 13.2. The van der Waals surface area contributed by atoms with Gasteiger partial charge in [0.05, 0.1) is 5.56 Å². The van der Waals surface area contributed by atoms with E-state index in [9.17, 15) is 14.3 Å². The lowest BCUT2D eigenvalue weighted by Gasteiger charge is -2.14. The van der Waals surface area contributed by atoms with Crippen molar-refractivity contribution in [3.05, 3.63) is 58.4 Å². The molecule has 3 heteroatoms. The van der Waals surface area contributed by atoms with Crippen LogP contribution in [0.25, 0.3) is 11.1 Å². The van der Waals surface area contributed by atoms with Crippen molar-refractivity contribution in [3.8, 4) is 11.1 Å². The third kappa shape index (κ3) is 2.50. The molecule has 2 nitrogen and oxygen atoms in total. The van der Waals surface area contributed by atoms with E-state index in [1.165, 1.54) is 12.1 Å². The molecule has 0 unspecified atom stereocenters. The summed E-state index contributed by atoms with van der Waals surface area (Å²) in [6, 6.07) is 7.88. The minimum absolute atomic E-state index is 0.00458. The van der Waals surface area contributed by atoms with Crippen LogP contribution in [0.4, 0.5) is 4.39 Å². The summed E-state index contributed by atoms with van der Waals surface area (Å²) in [5.41, 5.74) is 4.53. The molecule has 0 heterocycles. The first-order valence-corrected chi connectivity index (χ1v) is 6.01. The molecule has 0 atom stereocenters. The lowest BCUT2D eigenvalue weighted by molar-refractivity contribution is 0.0697. The number of aryl methyl sites for hydroxylation is 3. The number of carboxylic acids is 1. The second-order valence-electron chi connectivity index (χ2n) is 4.77. The Morgan fingerprint density at radius 3 is 2.16 bits per heavy atom. The average Bonchev–Trinajstić information content (AvgIpc) is 2.29. The quantitative estimate of drug-likeness (QED) is 0.879. The van der Waals surface area contributed by atoms with E-state index in [2.05, 4.69) is 0 Å². The molecule has 0 saturated carbocycles. The third-order valence-corrected chi connectivity index (χ3v) is 3.16. The van der Waals surface area contributed by atoms with E-state index in [0.29, 0.717) is 5.56 Å². The maximum atomic E-state index is 13.2. The van der Waals surface area contributed by atoms with E-state index in [-0.39, 0.29) is 5.56 Å². The molecule has 0 aliphatic heterocycles. The van der Waals surface area contributed by atoms with Crippen molar-refractivity contribution in [1.82, 2.24) is 0 Å². The van der Waals surface area contributed by atoms with Crippen LogP contribution in [0.5, 0.6) is 0 Å². The van der Waals surface area contributed by atoms with E-state index < -0.39 is 11.8 Å². The van der Waals surface area contributed by atoms with Crippen LogP contribution in [0.2, 0.25) is 0 Å². The fourth-order valence-corrected chi connectivity index (χ4v) is 2.52. The third-order valence-electron chi connectivity index (χ3n) is 3.16. The topological polar surface area (TPSA) is 37.3 Å². The minimum Gasteiger partial charge on any atom is -0.478 e. The molecule has 1 N–H and O–H groups in total. The number of rotatable bonds is 2. The van der Waals surface area contributed by atoms with Crippen molar-refractivity contribution in [2.45, 2.75) is 20.8 Å². The van der Waals surface area contributed by atoms with Gasteiger partial charge in [-0.1, -0.05) is 23.8 Å². The zero-order valence-corrected chi connectivity index (χ0v) is 11.1. The Morgan fingerprint density at radius 1 is 1.05 bits per heavy atom. The predicted molar refractivity (Wildman–Crippen MR) is 73.0 cm³/mol. The van der Waals surface area contributed by atoms with Gasteiger partial charge in [0.2, 0.25) is 0 Å². The Balaban J connectivity index is 2.76. The van der Waals surface area contributed by atoms with Crippen LogP contribution < -0.4 is 0 Å². The molecule has 0 radical (unpaired) electrons. The molecular formula is C16H15FO2. The molecule has 2 rings (SSSR count). The van der Waals surface area contributed by atoms with Crippen molar-refractivity contribution in [2.75, 3.05) is 0 Å². The highest BCUT2D eigenvalue weighted by atomic mass is 19.1. The Labute approximate surface area is 111 Å². The second kappa shape index (κ2) is 4.84. The number of hydrogen-bond donors (Lipinski definition) is 1. The maximum Gasteiger partial charge on any atom is 0.336 e. The molecule has 2 aromatic carbocycles. The number of halogens is 1. The monoisotopic (exact) mass is 258 g/mol. The molecule has 0 fully saturated rings. The fourth-order valence-electron chi connectivity index (χ4n) is 2.52. The standard InChI is InChI=1S/C16H15FO2/c1-9-6-10(2)15(11(3)7-9)13-5-4-12(17)8-14(13)16(18)19/h4-8H,1-3H3,(H,18,19). The Bertz CT molecular complexity index is 637. The smallest absolute Gasteiger partial charge is 0.336 e. The zero-order valence-electron chi connectivity index (χ0n) is 11.1. The first-order chi connectivity index (χ1) is 8.90. The number of hydrogen-bond acceptors (Lipinski definition) is 1. The minimum atomic E-state index is -1.12. The van der Waals surface area contributed by atoms with E-state index in [0.717, 1.165) is 28.3 Å². The molecule has 2 aromatic rings. The van der Waals surface area contributed by atoms with E-state index >= 15 is 0 Å². The van der Waals surface area contributed by atoms with Gasteiger partial charge < -0.3 is 5.11 Å². The number of benzene rings is 2. The summed E-state index contributed by atoms with van der Waals surface area (Å²) >= 11 is 0. The summed E-state index contributed by atoms with van der Waals surface area (Å²) in [6.07, 6.45) is 0. The van der Waals surface area contributed by atoms with Crippen LogP contribution in [0.15, 0.2) is 30.3 Å². The Hall–Kier alpha value is -2.16. The number of carbonyl (C=O) groups is 1. The summed E-state index contributed by atoms with van der Waals surface area (Å²) in [4.78, 5) is 11.3. The van der Waals surface area contributed by atoms with Gasteiger partial charge in [0, 0.05) is 0 Å². The number of aromatic carboxylic acids is 1. The molecule has 0 amide bonds. The SMILES string of the molecule is Cc1cc(C)c(-c2ccc(F)cc2C(=O)O)c(C)c1. The summed E-state index contributed by atoms with van der Waals surface area (Å²) in [5, 5.41) is 9.22. The van der Waals surface area contributed by atoms with Gasteiger partial charge in [0.15, 0.2) is 0 Å². The van der Waals surface area contributed by atoms with Gasteiger partial charge in [0.25, 0.3) is 0 Å². The first-order valence-electron chi connectivity index (χ1n) is 6.01. The highest BCUT2D eigenvalue weighted by molar-refractivity contribution is 5.97. The van der Waals surface area contributed by atoms with Crippen molar-refractivity contribution >= 4 is 5.97 Å². The van der Waals surface area contributed by atoms with E-state index in [1.54, 1.807) is 0 Å². The van der Waals surface area contributed by atoms with Gasteiger partial charge in [-0.05, 0) is 55.2 Å². The number of carboxylic acid groups (broad SMARTS) is 1. The van der Waals surface area contributed by atoms with Crippen molar-refractivity contribution in [2.24, 2.45) is 0 Å². The predicted octanol–water partition coefficient (Wildman–Crippen LogP) is 4.12. The van der Waals surface area contributed by atoms with Crippen LogP contribution in [-0.4, -0.2) is 11.1 Å². The maximum absolute atomic E-state index is 13.2. The summed E-state index contributed by atoms with van der Waals surface area (Å²) in [5.74, 6) is -1.66. The van der Waals surface area contributed by atoms with E-state index in [1.807, 2.05) is 32.9 Å². The Kier molecular flexibility index (Phi) is 3.38. The molecular weight excluding hydrogens is 243 g/mol. The van der Waals surface area contributed by atoms with Crippen LogP contribution >= 0.6 is 0 Å². The van der Waals surface area contributed by atoms with Gasteiger partial charge in [-0.25, -0.2) is 9.18 Å². The van der Waals surface area contributed by atoms with Crippen molar-refractivity contribution < 1.29 is 14.3 Å². The van der Waals surface area contributed by atoms with Gasteiger partial charge >= 0.3 is 5.97 Å². The van der Waals surface area contributed by atoms with Gasteiger partial charge in [-0.2, -0.15) is 0 Å². The van der Waals surface area contributed by atoms with Crippen LogP contribution in [0.1, 0.15) is 27.0 Å². The molecule has 0 bridgehead atoms. The second-order valence-corrected chi connectivity index (χ2v) is 4.77. The molecule has 98 valence electrons. The Morgan fingerprint density at radius 2 is 1.63 bits per heavy atom. The largest absolute Gasteiger partial charge is 0.478 e. The first kappa shape index (κ1) is 13.3. The van der Waals surface area contributed by atoms with Gasteiger partial charge in [0.1, 0.15) is 5.82 Å². The fraction of sp³-hybridized carbons (Fsp3) is 0.188. The van der Waals surface area contributed by atoms with Crippen molar-refractivity contribution in [3.63, 3.8) is 0 Å².